The first-order chi connectivity index (χ1) is 8.06. The molecule has 0 fully saturated rings. The van der Waals surface area contributed by atoms with Crippen molar-refractivity contribution in [3.8, 4) is 11.3 Å². The highest BCUT2D eigenvalue weighted by atomic mass is 19.1. The zero-order chi connectivity index (χ0) is 12.4. The summed E-state index contributed by atoms with van der Waals surface area (Å²) in [7, 11) is 0. The fourth-order valence-corrected chi connectivity index (χ4v) is 1.65. The van der Waals surface area contributed by atoms with E-state index in [2.05, 4.69) is 9.97 Å². The van der Waals surface area contributed by atoms with Crippen LogP contribution in [0.5, 0.6) is 0 Å². The van der Waals surface area contributed by atoms with Gasteiger partial charge in [0.25, 0.3) is 0 Å². The van der Waals surface area contributed by atoms with Gasteiger partial charge in [-0.25, -0.2) is 9.37 Å². The number of aromatic nitrogens is 2. The molecule has 0 aliphatic heterocycles. The first kappa shape index (κ1) is 11.5. The molecule has 1 aromatic carbocycles. The maximum atomic E-state index is 13.1. The Morgan fingerprint density at radius 3 is 2.88 bits per heavy atom. The van der Waals surface area contributed by atoms with Crippen LogP contribution in [0.1, 0.15) is 18.3 Å². The zero-order valence-electron chi connectivity index (χ0n) is 9.75. The normalized spacial score (nSPS) is 10.5. The molecule has 0 saturated carbocycles. The van der Waals surface area contributed by atoms with Gasteiger partial charge in [-0.05, 0) is 37.6 Å². The third kappa shape index (κ3) is 2.58. The number of rotatable bonds is 3. The van der Waals surface area contributed by atoms with Gasteiger partial charge in [-0.1, -0.05) is 0 Å². The van der Waals surface area contributed by atoms with Crippen LogP contribution in [0.2, 0.25) is 0 Å². The minimum Gasteiger partial charge on any atom is -0.342 e. The molecule has 2 rings (SSSR count). The van der Waals surface area contributed by atoms with Gasteiger partial charge >= 0.3 is 0 Å². The minimum atomic E-state index is -0.225. The monoisotopic (exact) mass is 232 g/mol. The summed E-state index contributed by atoms with van der Waals surface area (Å²) < 4.78 is 13.1. The molecule has 0 unspecified atom stereocenters. The molecule has 0 radical (unpaired) electrons. The Labute approximate surface area is 98.7 Å². The number of Topliss-reactive ketones (excluding diaryl/α,β-unsaturated/α-hetero) is 1. The van der Waals surface area contributed by atoms with Crippen LogP contribution < -0.4 is 0 Å². The Morgan fingerprint density at radius 1 is 1.47 bits per heavy atom. The van der Waals surface area contributed by atoms with Crippen LogP contribution in [-0.2, 0) is 11.2 Å². The van der Waals surface area contributed by atoms with E-state index in [0.717, 1.165) is 11.3 Å². The summed E-state index contributed by atoms with van der Waals surface area (Å²) in [5.41, 5.74) is 2.25. The van der Waals surface area contributed by atoms with Crippen molar-refractivity contribution in [3.05, 3.63) is 41.6 Å². The quantitative estimate of drug-likeness (QED) is 0.884. The number of aromatic amines is 1. The first-order valence-corrected chi connectivity index (χ1v) is 5.36. The summed E-state index contributed by atoms with van der Waals surface area (Å²) >= 11 is 0. The number of aryl methyl sites for hydroxylation is 1. The van der Waals surface area contributed by atoms with Crippen molar-refractivity contribution in [2.75, 3.05) is 0 Å². The average Bonchev–Trinajstić information content (AvgIpc) is 2.69. The maximum absolute atomic E-state index is 13.1. The minimum absolute atomic E-state index is 0.0567. The van der Waals surface area contributed by atoms with Crippen LogP contribution in [0.25, 0.3) is 11.3 Å². The van der Waals surface area contributed by atoms with Crippen molar-refractivity contribution in [3.63, 3.8) is 0 Å². The predicted octanol–water partition coefficient (Wildman–Crippen LogP) is 2.66. The summed E-state index contributed by atoms with van der Waals surface area (Å²) in [5, 5.41) is 0. The molecule has 88 valence electrons. The number of nitrogens with one attached hydrogen (secondary N) is 1. The highest BCUT2D eigenvalue weighted by molar-refractivity contribution is 5.77. The first-order valence-electron chi connectivity index (χ1n) is 5.36. The highest BCUT2D eigenvalue weighted by Gasteiger charge is 2.06. The molecule has 1 aromatic heterocycles. The van der Waals surface area contributed by atoms with Crippen molar-refractivity contribution in [2.24, 2.45) is 0 Å². The topological polar surface area (TPSA) is 45.8 Å². The number of carbonyl (C=O) groups excluding carboxylic acids is 1. The van der Waals surface area contributed by atoms with E-state index in [1.165, 1.54) is 13.0 Å². The van der Waals surface area contributed by atoms with Gasteiger partial charge in [-0.15, -0.1) is 0 Å². The van der Waals surface area contributed by atoms with Gasteiger partial charge in [0.2, 0.25) is 0 Å². The number of nitrogens with zero attached hydrogens (tertiary/aromatic N) is 1. The van der Waals surface area contributed by atoms with Crippen LogP contribution in [-0.4, -0.2) is 15.8 Å². The van der Waals surface area contributed by atoms with Crippen LogP contribution in [0.3, 0.4) is 0 Å². The molecule has 0 bridgehead atoms. The number of imidazole rings is 1. The molecule has 0 aliphatic rings. The fourth-order valence-electron chi connectivity index (χ4n) is 1.65. The second-order valence-electron chi connectivity index (χ2n) is 4.09. The van der Waals surface area contributed by atoms with Gasteiger partial charge in [0.1, 0.15) is 17.4 Å². The van der Waals surface area contributed by atoms with Crippen LogP contribution in [0.15, 0.2) is 24.4 Å². The molecular formula is C13H13FN2O. The van der Waals surface area contributed by atoms with Crippen LogP contribution >= 0.6 is 0 Å². The lowest BCUT2D eigenvalue weighted by Crippen LogP contribution is -1.97. The second-order valence-corrected chi connectivity index (χ2v) is 4.09. The fraction of sp³-hybridized carbons (Fsp3) is 0.231. The molecule has 1 heterocycles. The molecule has 2 aromatic rings. The number of hydrogen-bond donors (Lipinski definition) is 1. The lowest BCUT2D eigenvalue weighted by Gasteiger charge is -2.00. The summed E-state index contributed by atoms with van der Waals surface area (Å²) in [5.74, 6) is 0.466. The Morgan fingerprint density at radius 2 is 2.24 bits per heavy atom. The summed E-state index contributed by atoms with van der Waals surface area (Å²) in [6.07, 6.45) is 1.95. The SMILES string of the molecule is CC(=O)Cc1ncc(-c2ccc(F)c(C)c2)[nH]1. The van der Waals surface area contributed by atoms with Crippen LogP contribution in [0.4, 0.5) is 4.39 Å². The van der Waals surface area contributed by atoms with E-state index >= 15 is 0 Å². The molecule has 0 atom stereocenters. The van der Waals surface area contributed by atoms with Gasteiger partial charge in [0.15, 0.2) is 0 Å². The van der Waals surface area contributed by atoms with E-state index < -0.39 is 0 Å². The highest BCUT2D eigenvalue weighted by Crippen LogP contribution is 2.20. The molecule has 3 nitrogen and oxygen atoms in total. The number of hydrogen-bond acceptors (Lipinski definition) is 2. The van der Waals surface area contributed by atoms with E-state index in [1.807, 2.05) is 0 Å². The van der Waals surface area contributed by atoms with Gasteiger partial charge < -0.3 is 4.98 Å². The Hall–Kier alpha value is -1.97. The number of ketones is 1. The number of carbonyl (C=O) groups is 1. The van der Waals surface area contributed by atoms with Gasteiger partial charge in [-0.3, -0.25) is 4.79 Å². The lowest BCUT2D eigenvalue weighted by atomic mass is 10.1. The standard InChI is InChI=1S/C13H13FN2O/c1-8-5-10(3-4-11(8)14)12-7-15-13(16-12)6-9(2)17/h3-5,7H,6H2,1-2H3,(H,15,16). The molecule has 0 saturated heterocycles. The van der Waals surface area contributed by atoms with Gasteiger partial charge in [-0.2, -0.15) is 0 Å². The molecule has 4 heteroatoms. The molecule has 0 amide bonds. The molecule has 0 spiro atoms. The van der Waals surface area contributed by atoms with Crippen molar-refractivity contribution in [2.45, 2.75) is 20.3 Å². The van der Waals surface area contributed by atoms with Gasteiger partial charge in [0, 0.05) is 5.56 Å². The van der Waals surface area contributed by atoms with Crippen molar-refractivity contribution in [1.29, 1.82) is 0 Å². The largest absolute Gasteiger partial charge is 0.342 e. The van der Waals surface area contributed by atoms with E-state index in [4.69, 9.17) is 0 Å². The molecule has 17 heavy (non-hydrogen) atoms. The second kappa shape index (κ2) is 4.49. The predicted molar refractivity (Wildman–Crippen MR) is 63.1 cm³/mol. The summed E-state index contributed by atoms with van der Waals surface area (Å²) in [6, 6.07) is 4.87. The Kier molecular flexibility index (Phi) is 3.04. The van der Waals surface area contributed by atoms with Crippen LogP contribution in [0, 0.1) is 12.7 Å². The smallest absolute Gasteiger partial charge is 0.137 e. The third-order valence-electron chi connectivity index (χ3n) is 2.51. The Bertz CT molecular complexity index is 560. The molecule has 0 aliphatic carbocycles. The molecule has 1 N–H and O–H groups in total. The number of benzene rings is 1. The zero-order valence-corrected chi connectivity index (χ0v) is 9.75. The van der Waals surface area contributed by atoms with Crippen molar-refractivity contribution in [1.82, 2.24) is 9.97 Å². The third-order valence-corrected chi connectivity index (χ3v) is 2.51. The van der Waals surface area contributed by atoms with E-state index in [9.17, 15) is 9.18 Å². The van der Waals surface area contributed by atoms with Gasteiger partial charge in [0.05, 0.1) is 18.3 Å². The van der Waals surface area contributed by atoms with Crippen molar-refractivity contribution >= 4 is 5.78 Å². The van der Waals surface area contributed by atoms with Crippen molar-refractivity contribution < 1.29 is 9.18 Å². The van der Waals surface area contributed by atoms with E-state index in [0.29, 0.717) is 17.8 Å². The van der Waals surface area contributed by atoms with E-state index in [-0.39, 0.29) is 11.6 Å². The number of halogens is 1. The lowest BCUT2D eigenvalue weighted by molar-refractivity contribution is -0.116. The molecular weight excluding hydrogens is 219 g/mol. The van der Waals surface area contributed by atoms with E-state index in [1.54, 1.807) is 25.3 Å². The Balaban J connectivity index is 2.30. The summed E-state index contributed by atoms with van der Waals surface area (Å²) in [4.78, 5) is 18.1. The number of H-pyrrole nitrogens is 1. The summed E-state index contributed by atoms with van der Waals surface area (Å²) in [6.45, 7) is 3.23. The maximum Gasteiger partial charge on any atom is 0.137 e. The average molecular weight is 232 g/mol.